The molecule has 30 heavy (non-hydrogen) atoms. The number of aromatic nitrogens is 2. The van der Waals surface area contributed by atoms with E-state index in [1.165, 1.54) is 0 Å². The molecule has 1 aromatic heterocycles. The molecule has 1 amide bonds. The Hall–Kier alpha value is -2.46. The van der Waals surface area contributed by atoms with Crippen molar-refractivity contribution in [2.45, 2.75) is 25.6 Å². The molecule has 1 aliphatic heterocycles. The van der Waals surface area contributed by atoms with E-state index in [4.69, 9.17) is 16.7 Å². The lowest BCUT2D eigenvalue weighted by atomic mass is 9.99. The number of benzene rings is 1. The van der Waals surface area contributed by atoms with Crippen LogP contribution < -0.4 is 0 Å². The number of amides is 1. The summed E-state index contributed by atoms with van der Waals surface area (Å²) in [7, 11) is 0. The Bertz CT molecular complexity index is 972. The third kappa shape index (κ3) is 4.49. The van der Waals surface area contributed by atoms with E-state index in [0.717, 1.165) is 16.0 Å². The van der Waals surface area contributed by atoms with E-state index >= 15 is 0 Å². The fourth-order valence-corrected chi connectivity index (χ4v) is 3.52. The zero-order valence-corrected chi connectivity index (χ0v) is 16.2. The minimum atomic E-state index is -5.10. The van der Waals surface area contributed by atoms with Gasteiger partial charge in [-0.25, -0.2) is 8.78 Å². The first-order valence-electron chi connectivity index (χ1n) is 8.94. The summed E-state index contributed by atoms with van der Waals surface area (Å²) in [6.07, 6.45) is -6.50. The molecule has 0 aliphatic carbocycles. The molecule has 0 spiro atoms. The number of carbonyl (C=O) groups is 1. The Morgan fingerprint density at radius 1 is 1.30 bits per heavy atom. The van der Waals surface area contributed by atoms with E-state index in [1.807, 2.05) is 6.07 Å². The van der Waals surface area contributed by atoms with Crippen molar-refractivity contribution in [1.82, 2.24) is 14.7 Å². The largest absolute Gasteiger partial charge is 0.435 e. The summed E-state index contributed by atoms with van der Waals surface area (Å²) in [6, 6.07) is 6.97. The van der Waals surface area contributed by atoms with Crippen LogP contribution >= 0.6 is 11.6 Å². The Morgan fingerprint density at radius 2 is 2.03 bits per heavy atom. The first kappa shape index (κ1) is 22.2. The van der Waals surface area contributed by atoms with E-state index in [9.17, 15) is 26.7 Å². The molecule has 0 fully saturated rings. The maximum absolute atomic E-state index is 13.6. The van der Waals surface area contributed by atoms with Gasteiger partial charge in [0.2, 0.25) is 0 Å². The van der Waals surface area contributed by atoms with Crippen LogP contribution in [0.2, 0.25) is 5.02 Å². The van der Waals surface area contributed by atoms with E-state index in [0.29, 0.717) is 16.1 Å². The minimum Gasteiger partial charge on any atom is -0.394 e. The van der Waals surface area contributed by atoms with Crippen molar-refractivity contribution in [2.75, 3.05) is 19.7 Å². The van der Waals surface area contributed by atoms with Gasteiger partial charge in [0.1, 0.15) is 5.69 Å². The van der Waals surface area contributed by atoms with Crippen LogP contribution in [0.15, 0.2) is 30.3 Å². The molecule has 5 nitrogen and oxygen atoms in total. The van der Waals surface area contributed by atoms with Crippen molar-refractivity contribution in [3.8, 4) is 0 Å². The van der Waals surface area contributed by atoms with Crippen molar-refractivity contribution >= 4 is 23.1 Å². The lowest BCUT2D eigenvalue weighted by molar-refractivity contribution is -0.141. The van der Waals surface area contributed by atoms with Crippen LogP contribution in [0.5, 0.6) is 0 Å². The number of aliphatic hydroxyl groups excluding tert-OH is 1. The SMILES string of the molecule is O=C(c1c(C(F)(F)F)nn(CCO)c1C(F)F)N1CC=C(c2cccc(Cl)c2)CC1. The zero-order valence-electron chi connectivity index (χ0n) is 15.5. The molecule has 0 saturated carbocycles. The molecule has 0 atom stereocenters. The van der Waals surface area contributed by atoms with Crippen molar-refractivity contribution in [1.29, 1.82) is 0 Å². The quantitative estimate of drug-likeness (QED) is 0.688. The standard InChI is InChI=1S/C19H17ClF5N3O2/c20-13-3-1-2-12(10-13)11-4-6-27(7-5-11)18(30)14-15(17(21)22)28(8-9-29)26-16(14)19(23,24)25/h1-4,10,17,29H,5-9H2. The highest BCUT2D eigenvalue weighted by Crippen LogP contribution is 2.37. The molecule has 2 aromatic rings. The Morgan fingerprint density at radius 3 is 2.57 bits per heavy atom. The van der Waals surface area contributed by atoms with Gasteiger partial charge in [-0.1, -0.05) is 29.8 Å². The number of aliphatic hydroxyl groups is 1. The first-order chi connectivity index (χ1) is 14.1. The summed E-state index contributed by atoms with van der Waals surface area (Å²) in [5, 5.41) is 12.6. The van der Waals surface area contributed by atoms with E-state index in [2.05, 4.69) is 5.10 Å². The monoisotopic (exact) mass is 449 g/mol. The number of carbonyl (C=O) groups excluding carboxylic acids is 1. The van der Waals surface area contributed by atoms with Gasteiger partial charge in [0.25, 0.3) is 12.3 Å². The molecule has 0 saturated heterocycles. The summed E-state index contributed by atoms with van der Waals surface area (Å²) in [5.41, 5.74) is -2.34. The van der Waals surface area contributed by atoms with Crippen LogP contribution in [0.25, 0.3) is 5.57 Å². The molecule has 162 valence electrons. The highest BCUT2D eigenvalue weighted by Gasteiger charge is 2.44. The molecule has 0 bridgehead atoms. The number of hydrogen-bond donors (Lipinski definition) is 1. The van der Waals surface area contributed by atoms with Gasteiger partial charge in [-0.3, -0.25) is 9.48 Å². The highest BCUT2D eigenvalue weighted by atomic mass is 35.5. The first-order valence-corrected chi connectivity index (χ1v) is 9.32. The van der Waals surface area contributed by atoms with Crippen LogP contribution in [0.3, 0.4) is 0 Å². The van der Waals surface area contributed by atoms with Crippen molar-refractivity contribution in [3.63, 3.8) is 0 Å². The summed E-state index contributed by atoms with van der Waals surface area (Å²) in [6.45, 7) is -1.30. The van der Waals surface area contributed by atoms with Gasteiger partial charge in [0.15, 0.2) is 5.69 Å². The van der Waals surface area contributed by atoms with Crippen molar-refractivity contribution < 1.29 is 31.9 Å². The van der Waals surface area contributed by atoms with Crippen molar-refractivity contribution in [3.05, 3.63) is 57.9 Å². The molecule has 11 heteroatoms. The second-order valence-electron chi connectivity index (χ2n) is 6.59. The predicted octanol–water partition coefficient (Wildman–Crippen LogP) is 4.41. The van der Waals surface area contributed by atoms with Gasteiger partial charge in [-0.05, 0) is 29.7 Å². The van der Waals surface area contributed by atoms with Gasteiger partial charge >= 0.3 is 6.18 Å². The molecular weight excluding hydrogens is 433 g/mol. The van der Waals surface area contributed by atoms with Gasteiger partial charge in [-0.2, -0.15) is 18.3 Å². The van der Waals surface area contributed by atoms with Crippen molar-refractivity contribution in [2.24, 2.45) is 0 Å². The average Bonchev–Trinajstić information content (AvgIpc) is 3.08. The number of nitrogens with zero attached hydrogens (tertiary/aromatic N) is 3. The fourth-order valence-electron chi connectivity index (χ4n) is 3.33. The summed E-state index contributed by atoms with van der Waals surface area (Å²) in [4.78, 5) is 13.9. The Kier molecular flexibility index (Phi) is 6.47. The number of hydrogen-bond acceptors (Lipinski definition) is 3. The minimum absolute atomic E-state index is 0.0440. The van der Waals surface area contributed by atoms with Crippen LogP contribution in [0.1, 0.15) is 40.2 Å². The lowest BCUT2D eigenvalue weighted by Crippen LogP contribution is -2.36. The van der Waals surface area contributed by atoms with Crippen LogP contribution in [-0.2, 0) is 12.7 Å². The fraction of sp³-hybridized carbons (Fsp3) is 0.368. The predicted molar refractivity (Wildman–Crippen MR) is 99.2 cm³/mol. The molecule has 0 unspecified atom stereocenters. The number of rotatable bonds is 5. The molecule has 1 N–H and O–H groups in total. The van der Waals surface area contributed by atoms with Crippen LogP contribution in [-0.4, -0.2) is 45.4 Å². The second-order valence-corrected chi connectivity index (χ2v) is 7.03. The zero-order chi connectivity index (χ0) is 22.1. The van der Waals surface area contributed by atoms with Crippen LogP contribution in [0, 0.1) is 0 Å². The molecule has 3 rings (SSSR count). The second kappa shape index (κ2) is 8.73. The number of alkyl halides is 5. The summed E-state index contributed by atoms with van der Waals surface area (Å²) < 4.78 is 67.7. The molecule has 2 heterocycles. The summed E-state index contributed by atoms with van der Waals surface area (Å²) >= 11 is 5.96. The molecule has 0 radical (unpaired) electrons. The van der Waals surface area contributed by atoms with Gasteiger partial charge in [-0.15, -0.1) is 0 Å². The maximum atomic E-state index is 13.6. The maximum Gasteiger partial charge on any atom is 0.435 e. The van der Waals surface area contributed by atoms with Gasteiger partial charge < -0.3 is 10.0 Å². The Labute approximate surface area is 173 Å². The molecule has 1 aliphatic rings. The highest BCUT2D eigenvalue weighted by molar-refractivity contribution is 6.30. The van der Waals surface area contributed by atoms with E-state index in [-0.39, 0.29) is 13.1 Å². The smallest absolute Gasteiger partial charge is 0.394 e. The third-order valence-electron chi connectivity index (χ3n) is 4.68. The molecular formula is C19H17ClF5N3O2. The molecule has 1 aromatic carbocycles. The topological polar surface area (TPSA) is 58.4 Å². The van der Waals surface area contributed by atoms with Crippen LogP contribution in [0.4, 0.5) is 22.0 Å². The Balaban J connectivity index is 1.95. The number of halogens is 6. The van der Waals surface area contributed by atoms with Gasteiger partial charge in [0.05, 0.1) is 18.7 Å². The lowest BCUT2D eigenvalue weighted by Gasteiger charge is -2.27. The third-order valence-corrected chi connectivity index (χ3v) is 4.92. The van der Waals surface area contributed by atoms with E-state index in [1.54, 1.807) is 24.3 Å². The van der Waals surface area contributed by atoms with E-state index < -0.39 is 48.6 Å². The average molecular weight is 450 g/mol. The normalized spacial score (nSPS) is 14.9. The van der Waals surface area contributed by atoms with Gasteiger partial charge in [0, 0.05) is 18.1 Å². The summed E-state index contributed by atoms with van der Waals surface area (Å²) in [5.74, 6) is -1.18.